The lowest BCUT2D eigenvalue weighted by Gasteiger charge is -2.42. The Hall–Kier alpha value is -3.02. The van der Waals surface area contributed by atoms with E-state index < -0.39 is 68.0 Å². The summed E-state index contributed by atoms with van der Waals surface area (Å²) in [7, 11) is 0. The highest BCUT2D eigenvalue weighted by Gasteiger charge is 2.48. The van der Waals surface area contributed by atoms with Crippen molar-refractivity contribution in [3.63, 3.8) is 0 Å². The largest absolute Gasteiger partial charge is 1.00 e. The Labute approximate surface area is 244 Å². The molecule has 2 aliphatic heterocycles. The number of ether oxygens (including phenoxy) is 4. The Balaban J connectivity index is 0.00000405. The van der Waals surface area contributed by atoms with Gasteiger partial charge in [-0.05, 0) is 31.2 Å². The van der Waals surface area contributed by atoms with Gasteiger partial charge in [-0.3, -0.25) is 0 Å². The van der Waals surface area contributed by atoms with Crippen LogP contribution in [0.25, 0.3) is 22.3 Å². The highest BCUT2D eigenvalue weighted by molar-refractivity contribution is 5.88. The number of rotatable bonds is 6. The molecule has 3 heterocycles. The predicted molar refractivity (Wildman–Crippen MR) is 137 cm³/mol. The molecule has 2 fully saturated rings. The Morgan fingerprint density at radius 1 is 0.738 bits per heavy atom. The molecular formula is C27H31ClO14. The lowest BCUT2D eigenvalue weighted by atomic mass is 9.98. The Morgan fingerprint density at radius 3 is 2.07 bits per heavy atom. The van der Waals surface area contributed by atoms with E-state index >= 15 is 0 Å². The molecule has 3 aromatic rings. The Morgan fingerprint density at radius 2 is 1.38 bits per heavy atom. The second-order valence-electron chi connectivity index (χ2n) is 10.0. The molecule has 0 saturated carbocycles. The Bertz CT molecular complexity index is 1370. The SMILES string of the molecule is CC1OC(OCC2OC(Oc3cc4c(O)cc(O)cc4[o+]c3-c3ccc(O)cc3)C(O)C(O)C2O)C(O)C(O)C1O.[Cl-]. The lowest BCUT2D eigenvalue weighted by molar-refractivity contribution is -0.318. The van der Waals surface area contributed by atoms with E-state index in [1.807, 2.05) is 0 Å². The maximum Gasteiger partial charge on any atom is 0.402 e. The number of hydrogen-bond donors (Lipinski definition) is 9. The number of halogens is 1. The van der Waals surface area contributed by atoms with Crippen LogP contribution >= 0.6 is 0 Å². The van der Waals surface area contributed by atoms with E-state index in [1.165, 1.54) is 43.3 Å². The van der Waals surface area contributed by atoms with Gasteiger partial charge in [0, 0.05) is 12.1 Å². The molecule has 2 aromatic carbocycles. The molecule has 230 valence electrons. The van der Waals surface area contributed by atoms with Gasteiger partial charge in [-0.25, -0.2) is 4.42 Å². The summed E-state index contributed by atoms with van der Waals surface area (Å²) >= 11 is 0. The van der Waals surface area contributed by atoms with Crippen LogP contribution in [-0.2, 0) is 14.2 Å². The average Bonchev–Trinajstić information content (AvgIpc) is 2.94. The maximum absolute atomic E-state index is 10.7. The van der Waals surface area contributed by atoms with Crippen molar-refractivity contribution in [1.29, 1.82) is 0 Å². The Kier molecular flexibility index (Phi) is 9.64. The highest BCUT2D eigenvalue weighted by Crippen LogP contribution is 2.40. The first-order chi connectivity index (χ1) is 19.4. The molecule has 10 atom stereocenters. The smallest absolute Gasteiger partial charge is 0.402 e. The second kappa shape index (κ2) is 12.7. The van der Waals surface area contributed by atoms with Gasteiger partial charge >= 0.3 is 11.3 Å². The highest BCUT2D eigenvalue weighted by atomic mass is 35.5. The molecule has 15 heteroatoms. The molecule has 1 aromatic heterocycles. The van der Waals surface area contributed by atoms with Gasteiger partial charge in [0.25, 0.3) is 0 Å². The number of phenolic OH excluding ortho intramolecular Hbond substituents is 3. The van der Waals surface area contributed by atoms with Crippen LogP contribution in [0.2, 0.25) is 0 Å². The van der Waals surface area contributed by atoms with Gasteiger partial charge in [0.1, 0.15) is 65.4 Å². The third-order valence-electron chi connectivity index (χ3n) is 7.09. The van der Waals surface area contributed by atoms with Crippen LogP contribution in [-0.4, -0.2) is 114 Å². The van der Waals surface area contributed by atoms with E-state index in [1.54, 1.807) is 0 Å². The van der Waals surface area contributed by atoms with Crippen LogP contribution in [0.3, 0.4) is 0 Å². The molecule has 2 saturated heterocycles. The van der Waals surface area contributed by atoms with Crippen LogP contribution in [0.4, 0.5) is 0 Å². The summed E-state index contributed by atoms with van der Waals surface area (Å²) in [6, 6.07) is 9.48. The molecule has 10 unspecified atom stereocenters. The lowest BCUT2D eigenvalue weighted by Crippen LogP contribution is -3.00. The number of aromatic hydroxyl groups is 3. The summed E-state index contributed by atoms with van der Waals surface area (Å²) < 4.78 is 28.4. The summed E-state index contributed by atoms with van der Waals surface area (Å²) in [5.41, 5.74) is 0.476. The molecule has 2 aliphatic rings. The first kappa shape index (κ1) is 31.9. The normalized spacial score (nSPS) is 33.2. The van der Waals surface area contributed by atoms with Crippen LogP contribution < -0.4 is 17.1 Å². The number of aliphatic hydroxyl groups is 6. The van der Waals surface area contributed by atoms with Gasteiger partial charge in [-0.15, -0.1) is 0 Å². The number of hydrogen-bond acceptors (Lipinski definition) is 13. The minimum absolute atomic E-state index is 0. The van der Waals surface area contributed by atoms with Gasteiger partial charge in [-0.1, -0.05) is 0 Å². The molecule has 0 radical (unpaired) electrons. The fourth-order valence-electron chi connectivity index (χ4n) is 4.70. The van der Waals surface area contributed by atoms with E-state index in [-0.39, 0.29) is 52.1 Å². The van der Waals surface area contributed by atoms with Crippen molar-refractivity contribution < 1.29 is 81.7 Å². The molecule has 14 nitrogen and oxygen atoms in total. The van der Waals surface area contributed by atoms with Gasteiger partial charge in [0.2, 0.25) is 12.0 Å². The fourth-order valence-corrected chi connectivity index (χ4v) is 4.70. The number of fused-ring (bicyclic) bond motifs is 1. The third-order valence-corrected chi connectivity index (χ3v) is 7.09. The fraction of sp³-hybridized carbons (Fsp3) is 0.444. The zero-order valence-electron chi connectivity index (χ0n) is 22.0. The molecule has 0 bridgehead atoms. The third kappa shape index (κ3) is 6.18. The second-order valence-corrected chi connectivity index (χ2v) is 10.0. The van der Waals surface area contributed by atoms with Crippen LogP contribution in [0.15, 0.2) is 46.9 Å². The van der Waals surface area contributed by atoms with Crippen molar-refractivity contribution in [1.82, 2.24) is 0 Å². The summed E-state index contributed by atoms with van der Waals surface area (Å²) in [5, 5.41) is 92.0. The quantitative estimate of drug-likeness (QED) is 0.123. The van der Waals surface area contributed by atoms with Crippen LogP contribution in [0, 0.1) is 0 Å². The minimum Gasteiger partial charge on any atom is -1.00 e. The molecule has 0 aliphatic carbocycles. The summed E-state index contributed by atoms with van der Waals surface area (Å²) in [5.74, 6) is -0.661. The van der Waals surface area contributed by atoms with E-state index in [9.17, 15) is 46.0 Å². The topological polar surface area (TPSA) is 230 Å². The average molecular weight is 615 g/mol. The maximum atomic E-state index is 10.7. The minimum atomic E-state index is -1.77. The van der Waals surface area contributed by atoms with E-state index in [0.29, 0.717) is 5.56 Å². The van der Waals surface area contributed by atoms with Crippen molar-refractivity contribution >= 4 is 11.0 Å². The number of aliphatic hydroxyl groups excluding tert-OH is 6. The van der Waals surface area contributed by atoms with Crippen molar-refractivity contribution in [2.75, 3.05) is 6.61 Å². The van der Waals surface area contributed by atoms with E-state index in [0.717, 1.165) is 6.07 Å². The molecule has 5 rings (SSSR count). The standard InChI is InChI=1S/C27H30O14.ClH/c1-10-19(31)21(33)23(35)26(38-10)37-9-18-20(32)22(34)24(36)27(41-18)40-17-8-14-15(30)6-13(29)7-16(14)39-25(17)11-2-4-12(28)5-3-11;/h2-8,10,18-24,26-27,31-36H,9H2,1H3,(H2-,28,29,30);1H. The number of phenols is 3. The molecule has 42 heavy (non-hydrogen) atoms. The first-order valence-corrected chi connectivity index (χ1v) is 12.7. The van der Waals surface area contributed by atoms with Gasteiger partial charge in [0.15, 0.2) is 6.29 Å². The predicted octanol–water partition coefficient (Wildman–Crippen LogP) is -3.47. The van der Waals surface area contributed by atoms with Crippen molar-refractivity contribution in [2.45, 2.75) is 68.3 Å². The monoisotopic (exact) mass is 614 g/mol. The molecular weight excluding hydrogens is 584 g/mol. The molecule has 9 N–H and O–H groups in total. The summed E-state index contributed by atoms with van der Waals surface area (Å²) in [4.78, 5) is 0. The van der Waals surface area contributed by atoms with Crippen LogP contribution in [0.1, 0.15) is 6.92 Å². The van der Waals surface area contributed by atoms with Gasteiger partial charge < -0.3 is 77.3 Å². The van der Waals surface area contributed by atoms with Gasteiger partial charge in [-0.2, -0.15) is 0 Å². The zero-order chi connectivity index (χ0) is 29.6. The van der Waals surface area contributed by atoms with E-state index in [2.05, 4.69) is 0 Å². The zero-order valence-corrected chi connectivity index (χ0v) is 22.7. The number of benzene rings is 2. The molecule has 0 amide bonds. The van der Waals surface area contributed by atoms with Crippen molar-refractivity contribution in [2.24, 2.45) is 0 Å². The van der Waals surface area contributed by atoms with Crippen molar-refractivity contribution in [3.05, 3.63) is 42.5 Å². The van der Waals surface area contributed by atoms with Crippen LogP contribution in [0.5, 0.6) is 23.0 Å². The molecule has 0 spiro atoms. The van der Waals surface area contributed by atoms with Crippen molar-refractivity contribution in [3.8, 4) is 34.3 Å². The van der Waals surface area contributed by atoms with E-state index in [4.69, 9.17) is 23.4 Å². The first-order valence-electron chi connectivity index (χ1n) is 12.7. The summed E-state index contributed by atoms with van der Waals surface area (Å²) in [6.45, 7) is 0.973. The van der Waals surface area contributed by atoms with Gasteiger partial charge in [0.05, 0.1) is 24.3 Å². The summed E-state index contributed by atoms with van der Waals surface area (Å²) in [6.07, 6.45) is -15.0.